The minimum absolute atomic E-state index is 0.309. The summed E-state index contributed by atoms with van der Waals surface area (Å²) in [7, 11) is 0. The number of nitrogens with zero attached hydrogens (tertiary/aromatic N) is 2. The fraction of sp³-hybridized carbons (Fsp3) is 0.240. The number of alkyl halides is 3. The van der Waals surface area contributed by atoms with Crippen LogP contribution in [0.3, 0.4) is 0 Å². The number of aryl methyl sites for hydroxylation is 1. The highest BCUT2D eigenvalue weighted by molar-refractivity contribution is 6.13. The molecule has 0 radical (unpaired) electrons. The van der Waals surface area contributed by atoms with Crippen LogP contribution >= 0.6 is 0 Å². The number of cyclic esters (lactones) is 1. The van der Waals surface area contributed by atoms with Gasteiger partial charge in [-0.15, -0.1) is 13.2 Å². The maximum atomic E-state index is 13.0. The maximum absolute atomic E-state index is 13.0. The summed E-state index contributed by atoms with van der Waals surface area (Å²) in [5, 5.41) is 15.9. The first-order valence-corrected chi connectivity index (χ1v) is 10.8. The molecule has 0 bridgehead atoms. The summed E-state index contributed by atoms with van der Waals surface area (Å²) in [6.07, 6.45) is -1.64. The van der Waals surface area contributed by atoms with E-state index in [0.717, 1.165) is 0 Å². The molecule has 0 aliphatic carbocycles. The first kappa shape index (κ1) is 21.6. The molecule has 178 valence electrons. The summed E-state index contributed by atoms with van der Waals surface area (Å²) in [5.41, 5.74) is 1.41. The molecule has 2 N–H and O–H groups in total. The number of benzene rings is 2. The lowest BCUT2D eigenvalue weighted by molar-refractivity contribution is -0.274. The van der Waals surface area contributed by atoms with Gasteiger partial charge in [0.25, 0.3) is 0 Å². The van der Waals surface area contributed by atoms with E-state index in [9.17, 15) is 23.1 Å². The standard InChI is InChI=1S/C25H18F3N3O4/c1-12-8-13(10-14(9-12)35-25(26,27)28)17-18-15-4-2-6-29-21(15)22-16(5-3-7-30-22)20(18)31-24(33)11-34-23(32)19(17)24/h2-10,17,19,31,33H,11H2,1H3/t17-,19+,24-/m1/s1. The largest absolute Gasteiger partial charge is 0.573 e. The lowest BCUT2D eigenvalue weighted by Crippen LogP contribution is -2.51. The van der Waals surface area contributed by atoms with E-state index in [1.807, 2.05) is 12.1 Å². The minimum Gasteiger partial charge on any atom is -0.460 e. The average Bonchev–Trinajstić information content (AvgIpc) is 3.10. The van der Waals surface area contributed by atoms with Crippen molar-refractivity contribution in [3.8, 4) is 5.75 Å². The van der Waals surface area contributed by atoms with Gasteiger partial charge in [0.05, 0.1) is 16.7 Å². The third kappa shape index (κ3) is 3.35. The fourth-order valence-electron chi connectivity index (χ4n) is 5.32. The van der Waals surface area contributed by atoms with Crippen LogP contribution in [0.25, 0.3) is 21.8 Å². The van der Waals surface area contributed by atoms with Crippen LogP contribution in [0.15, 0.2) is 54.9 Å². The lowest BCUT2D eigenvalue weighted by Gasteiger charge is -2.41. The van der Waals surface area contributed by atoms with Gasteiger partial charge < -0.3 is 19.9 Å². The Morgan fingerprint density at radius 2 is 1.80 bits per heavy atom. The highest BCUT2D eigenvalue weighted by Crippen LogP contribution is 2.53. The quantitative estimate of drug-likeness (QED) is 0.324. The first-order chi connectivity index (χ1) is 16.6. The number of pyridine rings is 2. The molecule has 3 atom stereocenters. The molecular weight excluding hydrogens is 463 g/mol. The number of hydrogen-bond acceptors (Lipinski definition) is 7. The molecule has 1 fully saturated rings. The van der Waals surface area contributed by atoms with E-state index < -0.39 is 35.6 Å². The molecule has 2 aromatic carbocycles. The van der Waals surface area contributed by atoms with Gasteiger partial charge in [0.2, 0.25) is 0 Å². The molecule has 6 rings (SSSR count). The number of fused-ring (bicyclic) bond motifs is 7. The summed E-state index contributed by atoms with van der Waals surface area (Å²) in [6, 6.07) is 11.3. The molecule has 10 heteroatoms. The Balaban J connectivity index is 1.70. The van der Waals surface area contributed by atoms with Gasteiger partial charge in [-0.1, -0.05) is 12.1 Å². The maximum Gasteiger partial charge on any atom is 0.573 e. The van der Waals surface area contributed by atoms with Crippen LogP contribution < -0.4 is 10.1 Å². The number of rotatable bonds is 2. The fourth-order valence-corrected chi connectivity index (χ4v) is 5.32. The molecule has 0 unspecified atom stereocenters. The van der Waals surface area contributed by atoms with E-state index in [2.05, 4.69) is 20.0 Å². The van der Waals surface area contributed by atoms with Gasteiger partial charge in [-0.25, -0.2) is 0 Å². The van der Waals surface area contributed by atoms with Crippen molar-refractivity contribution < 1.29 is 32.5 Å². The zero-order valence-corrected chi connectivity index (χ0v) is 18.3. The summed E-state index contributed by atoms with van der Waals surface area (Å²) < 4.78 is 48.6. The van der Waals surface area contributed by atoms with Crippen molar-refractivity contribution in [3.05, 3.63) is 71.5 Å². The van der Waals surface area contributed by atoms with E-state index in [0.29, 0.717) is 44.2 Å². The van der Waals surface area contributed by atoms with Crippen molar-refractivity contribution in [2.75, 3.05) is 11.9 Å². The van der Waals surface area contributed by atoms with Crippen molar-refractivity contribution in [2.24, 2.45) is 5.92 Å². The SMILES string of the molecule is Cc1cc(OC(F)(F)F)cc([C@@H]2c3c(c4cccnc4c4ncccc34)N[C@@]3(O)COC(=O)[C@H]23)c1. The molecule has 0 spiro atoms. The van der Waals surface area contributed by atoms with Gasteiger partial charge in [0, 0.05) is 29.1 Å². The molecule has 1 saturated heterocycles. The number of nitrogens with one attached hydrogen (secondary N) is 1. The summed E-state index contributed by atoms with van der Waals surface area (Å²) in [5.74, 6) is -3.03. The molecule has 7 nitrogen and oxygen atoms in total. The predicted molar refractivity (Wildman–Crippen MR) is 120 cm³/mol. The van der Waals surface area contributed by atoms with Gasteiger partial charge >= 0.3 is 12.3 Å². The molecule has 35 heavy (non-hydrogen) atoms. The number of hydrogen-bond donors (Lipinski definition) is 2. The second kappa shape index (κ2) is 7.29. The molecule has 2 aliphatic rings. The molecule has 0 amide bonds. The number of carbonyl (C=O) groups excluding carboxylic acids is 1. The molecule has 4 heterocycles. The van der Waals surface area contributed by atoms with Gasteiger partial charge in [-0.05, 0) is 53.9 Å². The van der Waals surface area contributed by atoms with Crippen molar-refractivity contribution in [1.29, 1.82) is 0 Å². The minimum atomic E-state index is -4.89. The summed E-state index contributed by atoms with van der Waals surface area (Å²) in [6.45, 7) is 1.33. The second-order valence-corrected chi connectivity index (χ2v) is 8.83. The van der Waals surface area contributed by atoms with Gasteiger partial charge in [0.15, 0.2) is 5.72 Å². The zero-order chi connectivity index (χ0) is 24.5. The van der Waals surface area contributed by atoms with E-state index >= 15 is 0 Å². The summed E-state index contributed by atoms with van der Waals surface area (Å²) >= 11 is 0. The third-order valence-electron chi connectivity index (χ3n) is 6.52. The van der Waals surface area contributed by atoms with Gasteiger partial charge in [-0.3, -0.25) is 14.8 Å². The Kier molecular flexibility index (Phi) is 4.50. The number of anilines is 1. The Labute approximate surface area is 196 Å². The van der Waals surface area contributed by atoms with E-state index in [-0.39, 0.29) is 6.61 Å². The van der Waals surface area contributed by atoms with Crippen LogP contribution in [0.1, 0.15) is 22.6 Å². The number of halogens is 3. The average molecular weight is 481 g/mol. The predicted octanol–water partition coefficient (Wildman–Crippen LogP) is 4.41. The highest BCUT2D eigenvalue weighted by atomic mass is 19.4. The highest BCUT2D eigenvalue weighted by Gasteiger charge is 2.58. The van der Waals surface area contributed by atoms with E-state index in [1.165, 1.54) is 12.1 Å². The van der Waals surface area contributed by atoms with Crippen molar-refractivity contribution in [3.63, 3.8) is 0 Å². The number of esters is 1. The zero-order valence-electron chi connectivity index (χ0n) is 18.3. The van der Waals surface area contributed by atoms with Crippen LogP contribution in [0.2, 0.25) is 0 Å². The molecular formula is C25H18F3N3O4. The van der Waals surface area contributed by atoms with Crippen molar-refractivity contribution in [2.45, 2.75) is 24.9 Å². The topological polar surface area (TPSA) is 93.6 Å². The van der Waals surface area contributed by atoms with Crippen LogP contribution in [0.5, 0.6) is 5.75 Å². The molecule has 4 aromatic rings. The number of ether oxygens (including phenoxy) is 2. The lowest BCUT2D eigenvalue weighted by atomic mass is 9.71. The van der Waals surface area contributed by atoms with E-state index in [4.69, 9.17) is 4.74 Å². The Bertz CT molecular complexity index is 1520. The van der Waals surface area contributed by atoms with Crippen molar-refractivity contribution in [1.82, 2.24) is 9.97 Å². The van der Waals surface area contributed by atoms with Gasteiger partial charge in [-0.2, -0.15) is 0 Å². The molecule has 2 aliphatic heterocycles. The van der Waals surface area contributed by atoms with Crippen molar-refractivity contribution >= 4 is 33.5 Å². The summed E-state index contributed by atoms with van der Waals surface area (Å²) in [4.78, 5) is 21.9. The number of aromatic nitrogens is 2. The number of aliphatic hydroxyl groups is 1. The molecule has 2 aromatic heterocycles. The smallest absolute Gasteiger partial charge is 0.460 e. The molecule has 0 saturated carbocycles. The Hall–Kier alpha value is -3.92. The normalized spacial score (nSPS) is 23.5. The van der Waals surface area contributed by atoms with E-state index in [1.54, 1.807) is 37.5 Å². The number of carbonyl (C=O) groups is 1. The van der Waals surface area contributed by atoms with Crippen LogP contribution in [0.4, 0.5) is 18.9 Å². The monoisotopic (exact) mass is 481 g/mol. The Morgan fingerprint density at radius 1 is 1.11 bits per heavy atom. The van der Waals surface area contributed by atoms with Crippen LogP contribution in [-0.2, 0) is 9.53 Å². The van der Waals surface area contributed by atoms with Crippen LogP contribution in [-0.4, -0.2) is 39.7 Å². The Morgan fingerprint density at radius 3 is 2.51 bits per heavy atom. The third-order valence-corrected chi connectivity index (χ3v) is 6.52. The first-order valence-electron chi connectivity index (χ1n) is 10.8. The second-order valence-electron chi connectivity index (χ2n) is 8.83. The van der Waals surface area contributed by atoms with Gasteiger partial charge in [0.1, 0.15) is 18.3 Å². The van der Waals surface area contributed by atoms with Crippen LogP contribution in [0, 0.1) is 12.8 Å².